The Balaban J connectivity index is 1.45. The summed E-state index contributed by atoms with van der Waals surface area (Å²) in [6, 6.07) is 8.23. The van der Waals surface area contributed by atoms with E-state index in [-0.39, 0.29) is 28.3 Å². The molecule has 0 amide bonds. The third-order valence-electron chi connectivity index (χ3n) is 7.00. The van der Waals surface area contributed by atoms with E-state index >= 15 is 0 Å². The number of benzene rings is 1. The van der Waals surface area contributed by atoms with Crippen molar-refractivity contribution in [3.8, 4) is 6.07 Å². The lowest BCUT2D eigenvalue weighted by Gasteiger charge is -2.33. The molecule has 1 fully saturated rings. The molecule has 10 nitrogen and oxygen atoms in total. The molecule has 1 aliphatic rings. The third kappa shape index (κ3) is 5.74. The Morgan fingerprint density at radius 1 is 1.22 bits per heavy atom. The van der Waals surface area contributed by atoms with Crippen LogP contribution in [-0.4, -0.2) is 48.9 Å². The van der Waals surface area contributed by atoms with E-state index in [9.17, 15) is 28.3 Å². The number of carboxylic acids is 1. The van der Waals surface area contributed by atoms with Gasteiger partial charge in [-0.2, -0.15) is 23.5 Å². The lowest BCUT2D eigenvalue weighted by molar-refractivity contribution is -0.137. The highest BCUT2D eigenvalue weighted by Gasteiger charge is 2.33. The number of pyridine rings is 1. The molecule has 0 aliphatic carbocycles. The fourth-order valence-corrected chi connectivity index (χ4v) is 5.15. The number of nitrogens with one attached hydrogen (secondary N) is 1. The maximum Gasteiger partial charge on any atom is 0.419 e. The van der Waals surface area contributed by atoms with Gasteiger partial charge >= 0.3 is 12.1 Å². The van der Waals surface area contributed by atoms with Gasteiger partial charge in [0.1, 0.15) is 11.2 Å². The summed E-state index contributed by atoms with van der Waals surface area (Å²) >= 11 is 5.89. The number of rotatable bonds is 6. The summed E-state index contributed by atoms with van der Waals surface area (Å²) in [6.07, 6.45) is -1.60. The number of carbonyl (C=O) groups is 1. The number of aromatic carboxylic acids is 1. The Bertz CT molecular complexity index is 1680. The van der Waals surface area contributed by atoms with Gasteiger partial charge in [0.05, 0.1) is 40.6 Å². The molecule has 4 heterocycles. The Kier molecular flexibility index (Phi) is 7.44. The number of aryl methyl sites for hydroxylation is 1. The predicted octanol–water partition coefficient (Wildman–Crippen LogP) is 5.79. The first-order chi connectivity index (χ1) is 19.4. The Morgan fingerprint density at radius 3 is 2.59 bits per heavy atom. The van der Waals surface area contributed by atoms with Crippen molar-refractivity contribution in [1.82, 2.24) is 24.7 Å². The van der Waals surface area contributed by atoms with Crippen molar-refractivity contribution < 1.29 is 23.1 Å². The van der Waals surface area contributed by atoms with Crippen molar-refractivity contribution in [2.75, 3.05) is 23.3 Å². The Morgan fingerprint density at radius 2 is 1.95 bits per heavy atom. The average molecular weight is 585 g/mol. The van der Waals surface area contributed by atoms with Crippen LogP contribution in [-0.2, 0) is 6.18 Å². The SMILES string of the molecule is Cc1cc([C@@H](C)Nc2ccc(Cl)nc2C(=O)O)c2nc(N3CCC(n4cc(C(F)(F)F)cn4)CC3)c(C#N)nc2c1. The van der Waals surface area contributed by atoms with Crippen LogP contribution in [0.25, 0.3) is 11.0 Å². The molecule has 3 aromatic heterocycles. The monoisotopic (exact) mass is 584 g/mol. The van der Waals surface area contributed by atoms with Gasteiger partial charge in [-0.15, -0.1) is 0 Å². The molecule has 4 aromatic rings. The van der Waals surface area contributed by atoms with Crippen molar-refractivity contribution in [1.29, 1.82) is 5.26 Å². The van der Waals surface area contributed by atoms with Gasteiger partial charge in [0, 0.05) is 24.8 Å². The second-order valence-corrected chi connectivity index (χ2v) is 10.2. The molecule has 5 rings (SSSR count). The van der Waals surface area contributed by atoms with E-state index in [0.29, 0.717) is 42.8 Å². The minimum absolute atomic E-state index is 0.0540. The molecular weight excluding hydrogens is 561 g/mol. The molecule has 212 valence electrons. The first kappa shape index (κ1) is 28.1. The van der Waals surface area contributed by atoms with Crippen LogP contribution in [0.3, 0.4) is 0 Å². The molecule has 2 N–H and O–H groups in total. The van der Waals surface area contributed by atoms with Crippen LogP contribution >= 0.6 is 11.6 Å². The van der Waals surface area contributed by atoms with Crippen molar-refractivity contribution in [3.63, 3.8) is 0 Å². The molecule has 1 saturated heterocycles. The number of hydrogen-bond donors (Lipinski definition) is 2. The van der Waals surface area contributed by atoms with Crippen LogP contribution in [0, 0.1) is 18.3 Å². The average Bonchev–Trinajstić information content (AvgIpc) is 3.44. The number of nitriles is 1. The largest absolute Gasteiger partial charge is 0.476 e. The van der Waals surface area contributed by atoms with Gasteiger partial charge in [-0.25, -0.2) is 19.7 Å². The van der Waals surface area contributed by atoms with E-state index in [2.05, 4.69) is 26.5 Å². The number of fused-ring (bicyclic) bond motifs is 1. The fourth-order valence-electron chi connectivity index (χ4n) is 5.00. The number of piperidine rings is 1. The van der Waals surface area contributed by atoms with Gasteiger partial charge in [-0.1, -0.05) is 17.7 Å². The molecular formula is C27H24ClF3N8O2. The molecule has 0 spiro atoms. The highest BCUT2D eigenvalue weighted by molar-refractivity contribution is 6.29. The molecule has 41 heavy (non-hydrogen) atoms. The highest BCUT2D eigenvalue weighted by Crippen LogP contribution is 2.34. The van der Waals surface area contributed by atoms with Gasteiger partial charge in [0.25, 0.3) is 0 Å². The summed E-state index contributed by atoms with van der Waals surface area (Å²) in [6.45, 7) is 4.61. The predicted molar refractivity (Wildman–Crippen MR) is 145 cm³/mol. The van der Waals surface area contributed by atoms with Crippen molar-refractivity contribution >= 4 is 40.1 Å². The van der Waals surface area contributed by atoms with Crippen molar-refractivity contribution in [3.05, 3.63) is 69.9 Å². The second-order valence-electron chi connectivity index (χ2n) is 9.86. The molecule has 0 unspecified atom stereocenters. The molecule has 0 bridgehead atoms. The number of anilines is 2. The minimum Gasteiger partial charge on any atom is -0.476 e. The summed E-state index contributed by atoms with van der Waals surface area (Å²) in [7, 11) is 0. The summed E-state index contributed by atoms with van der Waals surface area (Å²) in [5.41, 5.74) is 2.06. The molecule has 1 aromatic carbocycles. The van der Waals surface area contributed by atoms with Gasteiger partial charge in [0.2, 0.25) is 0 Å². The Hall–Kier alpha value is -4.44. The standard InChI is InChI=1S/C27H24ClF3N8O2/c1-14-9-18(15(2)34-19-3-4-22(28)36-24(19)26(40)41)23-20(10-14)35-21(11-32)25(37-23)38-7-5-17(6-8-38)39-13-16(12-33-39)27(29,30)31/h3-4,9-10,12-13,15,17,34H,5-8H2,1-2H3,(H,40,41)/t15-/m1/s1. The van der Waals surface area contributed by atoms with E-state index in [1.165, 1.54) is 10.7 Å². The first-order valence-corrected chi connectivity index (χ1v) is 13.1. The first-order valence-electron chi connectivity index (χ1n) is 12.7. The molecule has 1 atom stereocenters. The third-order valence-corrected chi connectivity index (χ3v) is 7.21. The zero-order valence-electron chi connectivity index (χ0n) is 21.9. The van der Waals surface area contributed by atoms with Gasteiger partial charge in [0.15, 0.2) is 17.2 Å². The maximum atomic E-state index is 13.0. The summed E-state index contributed by atoms with van der Waals surface area (Å²) in [5.74, 6) is -0.850. The van der Waals surface area contributed by atoms with Gasteiger partial charge in [-0.3, -0.25) is 4.68 Å². The second kappa shape index (κ2) is 10.9. The minimum atomic E-state index is -4.46. The lowest BCUT2D eigenvalue weighted by Crippen LogP contribution is -2.36. The molecule has 0 saturated carbocycles. The van der Waals surface area contributed by atoms with Crippen LogP contribution in [0.5, 0.6) is 0 Å². The number of nitrogens with zero attached hydrogens (tertiary/aromatic N) is 7. The van der Waals surface area contributed by atoms with Crippen LogP contribution in [0.1, 0.15) is 64.7 Å². The van der Waals surface area contributed by atoms with Gasteiger partial charge < -0.3 is 15.3 Å². The maximum absolute atomic E-state index is 13.0. The topological polar surface area (TPSA) is 133 Å². The molecule has 0 radical (unpaired) electrons. The van der Waals surface area contributed by atoms with Crippen molar-refractivity contribution in [2.24, 2.45) is 0 Å². The lowest BCUT2D eigenvalue weighted by atomic mass is 10.0. The van der Waals surface area contributed by atoms with Crippen LogP contribution in [0.2, 0.25) is 5.15 Å². The zero-order valence-corrected chi connectivity index (χ0v) is 22.7. The number of hydrogen-bond acceptors (Lipinski definition) is 8. The summed E-state index contributed by atoms with van der Waals surface area (Å²) < 4.78 is 40.4. The quantitative estimate of drug-likeness (QED) is 0.270. The zero-order chi connectivity index (χ0) is 29.5. The van der Waals surface area contributed by atoms with Gasteiger partial charge in [-0.05, 0) is 50.5 Å². The van der Waals surface area contributed by atoms with E-state index < -0.39 is 23.8 Å². The summed E-state index contributed by atoms with van der Waals surface area (Å²) in [4.78, 5) is 27.0. The number of aromatic nitrogens is 5. The van der Waals surface area contributed by atoms with E-state index in [0.717, 1.165) is 23.5 Å². The van der Waals surface area contributed by atoms with E-state index in [1.54, 1.807) is 6.07 Å². The molecule has 1 aliphatic heterocycles. The highest BCUT2D eigenvalue weighted by atomic mass is 35.5. The number of carboxylic acid groups (broad SMARTS) is 1. The van der Waals surface area contributed by atoms with Crippen LogP contribution in [0.15, 0.2) is 36.7 Å². The van der Waals surface area contributed by atoms with E-state index in [4.69, 9.17) is 16.6 Å². The normalized spacial score (nSPS) is 15.1. The number of alkyl halides is 3. The Labute approximate surface area is 237 Å². The smallest absolute Gasteiger partial charge is 0.419 e. The number of halogens is 4. The fraction of sp³-hybridized carbons (Fsp3) is 0.333. The molecule has 14 heteroatoms. The van der Waals surface area contributed by atoms with E-state index in [1.807, 2.05) is 30.9 Å². The van der Waals surface area contributed by atoms with Crippen LogP contribution in [0.4, 0.5) is 24.7 Å². The van der Waals surface area contributed by atoms with Crippen LogP contribution < -0.4 is 10.2 Å². The summed E-state index contributed by atoms with van der Waals surface area (Å²) in [5, 5.41) is 26.6. The van der Waals surface area contributed by atoms with Crippen molar-refractivity contribution in [2.45, 2.75) is 44.9 Å².